The number of aromatic nitrogens is 2. The van der Waals surface area contributed by atoms with Crippen LogP contribution in [-0.4, -0.2) is 37.0 Å². The quantitative estimate of drug-likeness (QED) is 0.451. The average molecular weight is 503 g/mol. The van der Waals surface area contributed by atoms with Crippen LogP contribution in [0.3, 0.4) is 0 Å². The van der Waals surface area contributed by atoms with Crippen molar-refractivity contribution in [3.63, 3.8) is 0 Å². The minimum atomic E-state index is -4.30. The predicted octanol–water partition coefficient (Wildman–Crippen LogP) is 3.81. The van der Waals surface area contributed by atoms with Gasteiger partial charge in [0.05, 0.1) is 18.4 Å². The second-order valence-electron chi connectivity index (χ2n) is 8.43. The SMILES string of the molecule is CC(C)COc1cc(F)cc(-c2ccc(C(=O)NS(=O)(=O)c3cccc(N)n3)c(OC(C)C)n2)c1. The van der Waals surface area contributed by atoms with E-state index in [1.807, 2.05) is 18.6 Å². The number of rotatable bonds is 9. The maximum absolute atomic E-state index is 14.2. The molecule has 0 saturated heterocycles. The molecule has 3 N–H and O–H groups in total. The first-order chi connectivity index (χ1) is 16.4. The van der Waals surface area contributed by atoms with Crippen LogP contribution in [0.4, 0.5) is 10.2 Å². The Kier molecular flexibility index (Phi) is 7.90. The largest absolute Gasteiger partial charge is 0.493 e. The molecule has 1 aromatic carbocycles. The number of nitrogen functional groups attached to an aromatic ring is 1. The van der Waals surface area contributed by atoms with E-state index in [1.165, 1.54) is 42.5 Å². The molecule has 3 rings (SSSR count). The predicted molar refractivity (Wildman–Crippen MR) is 129 cm³/mol. The van der Waals surface area contributed by atoms with Crippen molar-refractivity contribution in [2.75, 3.05) is 12.3 Å². The lowest BCUT2D eigenvalue weighted by Gasteiger charge is -2.15. The van der Waals surface area contributed by atoms with Crippen LogP contribution in [0.2, 0.25) is 0 Å². The van der Waals surface area contributed by atoms with Gasteiger partial charge in [-0.3, -0.25) is 4.79 Å². The summed E-state index contributed by atoms with van der Waals surface area (Å²) in [7, 11) is -4.30. The minimum Gasteiger partial charge on any atom is -0.493 e. The fraction of sp³-hybridized carbons (Fsp3) is 0.292. The highest BCUT2D eigenvalue weighted by Gasteiger charge is 2.24. The van der Waals surface area contributed by atoms with Gasteiger partial charge in [0.25, 0.3) is 15.9 Å². The summed E-state index contributed by atoms with van der Waals surface area (Å²) in [6, 6.07) is 11.0. The molecule has 2 heterocycles. The van der Waals surface area contributed by atoms with Crippen molar-refractivity contribution in [3.05, 3.63) is 59.9 Å². The summed E-state index contributed by atoms with van der Waals surface area (Å²) in [5.74, 6) is -1.02. The number of carbonyl (C=O) groups is 1. The number of anilines is 1. The van der Waals surface area contributed by atoms with Gasteiger partial charge in [0.15, 0.2) is 5.03 Å². The van der Waals surface area contributed by atoms with E-state index in [2.05, 4.69) is 9.97 Å². The maximum Gasteiger partial charge on any atom is 0.281 e. The molecule has 186 valence electrons. The van der Waals surface area contributed by atoms with Crippen molar-refractivity contribution in [3.8, 4) is 22.9 Å². The molecule has 0 radical (unpaired) electrons. The molecule has 0 saturated carbocycles. The summed E-state index contributed by atoms with van der Waals surface area (Å²) in [5.41, 5.74) is 6.14. The molecule has 0 unspecified atom stereocenters. The third-order valence-corrected chi connectivity index (χ3v) is 5.68. The second-order valence-corrected chi connectivity index (χ2v) is 10.1. The molecule has 0 aliphatic carbocycles. The first-order valence-electron chi connectivity index (χ1n) is 10.9. The first kappa shape index (κ1) is 25.9. The third-order valence-electron chi connectivity index (χ3n) is 4.45. The van der Waals surface area contributed by atoms with E-state index in [0.29, 0.717) is 23.6 Å². The highest BCUT2D eigenvalue weighted by atomic mass is 32.2. The molecular formula is C24H27FN4O5S. The van der Waals surface area contributed by atoms with Crippen LogP contribution in [0.15, 0.2) is 53.6 Å². The molecule has 0 atom stereocenters. The Balaban J connectivity index is 1.95. The number of hydrogen-bond donors (Lipinski definition) is 2. The van der Waals surface area contributed by atoms with E-state index in [1.54, 1.807) is 19.9 Å². The number of nitrogens with zero attached hydrogens (tertiary/aromatic N) is 2. The fourth-order valence-corrected chi connectivity index (χ4v) is 3.90. The number of nitrogens with one attached hydrogen (secondary N) is 1. The number of nitrogens with two attached hydrogens (primary N) is 1. The van der Waals surface area contributed by atoms with Gasteiger partial charge in [-0.2, -0.15) is 8.42 Å². The number of pyridine rings is 2. The first-order valence-corrected chi connectivity index (χ1v) is 12.3. The number of ether oxygens (including phenoxy) is 2. The fourth-order valence-electron chi connectivity index (χ4n) is 2.95. The molecule has 0 fully saturated rings. The standard InChI is InChI=1S/C24H27FN4O5S/c1-14(2)13-33-18-11-16(10-17(25)12-18)20-9-8-19(24(27-20)34-15(3)4)23(30)29-35(31,32)22-7-5-6-21(26)28-22/h5-12,14-15H,13H2,1-4H3,(H2,26,28)(H,29,30). The summed E-state index contributed by atoms with van der Waals surface area (Å²) >= 11 is 0. The average Bonchev–Trinajstić information content (AvgIpc) is 2.76. The zero-order valence-electron chi connectivity index (χ0n) is 19.8. The number of sulfonamides is 1. The molecule has 3 aromatic rings. The molecule has 2 aromatic heterocycles. The molecule has 11 heteroatoms. The Labute approximate surface area is 203 Å². The van der Waals surface area contributed by atoms with Crippen LogP contribution >= 0.6 is 0 Å². The van der Waals surface area contributed by atoms with Gasteiger partial charge in [-0.1, -0.05) is 19.9 Å². The topological polar surface area (TPSA) is 134 Å². The van der Waals surface area contributed by atoms with Crippen LogP contribution in [0.5, 0.6) is 11.6 Å². The van der Waals surface area contributed by atoms with Gasteiger partial charge in [-0.15, -0.1) is 0 Å². The Hall–Kier alpha value is -3.73. The maximum atomic E-state index is 14.2. The second kappa shape index (κ2) is 10.7. The number of carbonyl (C=O) groups excluding carboxylic acids is 1. The van der Waals surface area contributed by atoms with Crippen LogP contribution in [0, 0.1) is 11.7 Å². The van der Waals surface area contributed by atoms with Crippen molar-refractivity contribution in [1.82, 2.24) is 14.7 Å². The van der Waals surface area contributed by atoms with Gasteiger partial charge in [0.2, 0.25) is 5.88 Å². The lowest BCUT2D eigenvalue weighted by Crippen LogP contribution is -2.32. The molecule has 0 spiro atoms. The summed E-state index contributed by atoms with van der Waals surface area (Å²) < 4.78 is 52.7. The van der Waals surface area contributed by atoms with Crippen molar-refractivity contribution in [2.45, 2.75) is 38.8 Å². The summed E-state index contributed by atoms with van der Waals surface area (Å²) in [6.07, 6.45) is -0.381. The van der Waals surface area contributed by atoms with E-state index in [4.69, 9.17) is 15.2 Å². The van der Waals surface area contributed by atoms with Crippen molar-refractivity contribution in [2.24, 2.45) is 5.92 Å². The van der Waals surface area contributed by atoms with Gasteiger partial charge >= 0.3 is 0 Å². The van der Waals surface area contributed by atoms with E-state index in [9.17, 15) is 17.6 Å². The molecule has 35 heavy (non-hydrogen) atoms. The molecule has 9 nitrogen and oxygen atoms in total. The molecule has 1 amide bonds. The normalized spacial score (nSPS) is 11.5. The van der Waals surface area contributed by atoms with Gasteiger partial charge in [-0.25, -0.2) is 19.1 Å². The molecular weight excluding hydrogens is 475 g/mol. The summed E-state index contributed by atoms with van der Waals surface area (Å²) in [6.45, 7) is 7.81. The zero-order valence-corrected chi connectivity index (χ0v) is 20.6. The van der Waals surface area contributed by atoms with Crippen molar-refractivity contribution in [1.29, 1.82) is 0 Å². The molecule has 0 aliphatic rings. The Morgan fingerprint density at radius 3 is 2.49 bits per heavy atom. The number of amides is 1. The van der Waals surface area contributed by atoms with Crippen molar-refractivity contribution >= 4 is 21.7 Å². The van der Waals surface area contributed by atoms with Gasteiger partial charge in [0, 0.05) is 11.6 Å². The Morgan fingerprint density at radius 1 is 1.09 bits per heavy atom. The number of hydrogen-bond acceptors (Lipinski definition) is 8. The highest BCUT2D eigenvalue weighted by molar-refractivity contribution is 7.90. The van der Waals surface area contributed by atoms with Crippen LogP contribution in [0.25, 0.3) is 11.3 Å². The van der Waals surface area contributed by atoms with Crippen molar-refractivity contribution < 1.29 is 27.1 Å². The lowest BCUT2D eigenvalue weighted by atomic mass is 10.1. The lowest BCUT2D eigenvalue weighted by molar-refractivity contribution is 0.0974. The number of benzene rings is 1. The third kappa shape index (κ3) is 6.89. The Morgan fingerprint density at radius 2 is 1.83 bits per heavy atom. The van der Waals surface area contributed by atoms with Gasteiger partial charge < -0.3 is 15.2 Å². The van der Waals surface area contributed by atoms with Gasteiger partial charge in [-0.05, 0) is 56.2 Å². The summed E-state index contributed by atoms with van der Waals surface area (Å²) in [4.78, 5) is 21.0. The van der Waals surface area contributed by atoms with E-state index in [-0.39, 0.29) is 29.3 Å². The number of halogens is 1. The van der Waals surface area contributed by atoms with E-state index >= 15 is 0 Å². The van der Waals surface area contributed by atoms with Crippen LogP contribution < -0.4 is 19.9 Å². The highest BCUT2D eigenvalue weighted by Crippen LogP contribution is 2.28. The van der Waals surface area contributed by atoms with Gasteiger partial charge in [0.1, 0.15) is 22.9 Å². The minimum absolute atomic E-state index is 0.0120. The molecule has 0 aliphatic heterocycles. The zero-order chi connectivity index (χ0) is 25.8. The van der Waals surface area contributed by atoms with Crippen LogP contribution in [0.1, 0.15) is 38.1 Å². The summed E-state index contributed by atoms with van der Waals surface area (Å²) in [5, 5.41) is -0.407. The van der Waals surface area contributed by atoms with E-state index in [0.717, 1.165) is 0 Å². The Bertz CT molecular complexity index is 1330. The van der Waals surface area contributed by atoms with E-state index < -0.39 is 26.8 Å². The van der Waals surface area contributed by atoms with Crippen LogP contribution in [-0.2, 0) is 10.0 Å². The molecule has 0 bridgehead atoms. The smallest absolute Gasteiger partial charge is 0.281 e. The monoisotopic (exact) mass is 502 g/mol.